The van der Waals surface area contributed by atoms with Crippen LogP contribution >= 0.6 is 34.9 Å². The van der Waals surface area contributed by atoms with Crippen molar-refractivity contribution in [2.24, 2.45) is 5.16 Å². The third-order valence-electron chi connectivity index (χ3n) is 7.12. The van der Waals surface area contributed by atoms with Gasteiger partial charge in [0.1, 0.15) is 46.3 Å². The summed E-state index contributed by atoms with van der Waals surface area (Å²) in [5.74, 6) is -7.14. The number of nitrogens with zero attached hydrogens (tertiary/aromatic N) is 7. The lowest BCUT2D eigenvalue weighted by Gasteiger charge is -2.49. The Hall–Kier alpha value is -5.94. The van der Waals surface area contributed by atoms with Crippen molar-refractivity contribution < 1.29 is 54.3 Å². The van der Waals surface area contributed by atoms with Crippen molar-refractivity contribution >= 4 is 81.2 Å². The number of carboxylic acid groups (broad SMARTS) is 3. The highest BCUT2D eigenvalue weighted by Crippen LogP contribution is 2.42. The fourth-order valence-corrected chi connectivity index (χ4v) is 7.89. The normalized spacial score (nSPS) is 17.3. The topological polar surface area (TPSA) is 305 Å². The molecule has 0 spiro atoms. The lowest BCUT2D eigenvalue weighted by Crippen LogP contribution is -2.71. The van der Waals surface area contributed by atoms with Crippen LogP contribution in [0.5, 0.6) is 11.5 Å². The van der Waals surface area contributed by atoms with Gasteiger partial charge in [-0.25, -0.2) is 24.4 Å². The number of aromatic nitrogens is 5. The summed E-state index contributed by atoms with van der Waals surface area (Å²) in [7, 11) is 0. The molecule has 0 saturated carbocycles. The van der Waals surface area contributed by atoms with E-state index in [9.17, 15) is 49.5 Å². The largest absolute Gasteiger partial charge is 0.504 e. The maximum absolute atomic E-state index is 13.4. The number of anilines is 1. The number of amides is 2. The molecule has 0 radical (unpaired) electrons. The molecule has 5 heterocycles. The number of thiazole rings is 1. The van der Waals surface area contributed by atoms with Gasteiger partial charge in [0.2, 0.25) is 0 Å². The number of carbonyl (C=O) groups excluding carboxylic acids is 2. The molecule has 0 bridgehead atoms. The van der Waals surface area contributed by atoms with E-state index in [1.165, 1.54) is 34.1 Å². The number of carboxylic acids is 3. The van der Waals surface area contributed by atoms with E-state index in [-0.39, 0.29) is 45.1 Å². The Morgan fingerprint density at radius 3 is 2.54 bits per heavy atom. The van der Waals surface area contributed by atoms with Crippen LogP contribution in [0.4, 0.5) is 5.13 Å². The number of rotatable bonds is 12. The number of nitrogens with one attached hydrogen (secondary N) is 1. The molecule has 1 aromatic carbocycles. The molecule has 2 aliphatic rings. The van der Waals surface area contributed by atoms with Gasteiger partial charge in [0.05, 0.1) is 0 Å². The van der Waals surface area contributed by atoms with Crippen LogP contribution in [0.25, 0.3) is 5.78 Å². The molecule has 50 heavy (non-hydrogen) atoms. The van der Waals surface area contributed by atoms with E-state index in [0.29, 0.717) is 10.6 Å². The number of thioether (sulfide) groups is 2. The van der Waals surface area contributed by atoms with E-state index in [4.69, 9.17) is 10.6 Å². The van der Waals surface area contributed by atoms with E-state index in [0.717, 1.165) is 40.1 Å². The van der Waals surface area contributed by atoms with Crippen molar-refractivity contribution in [3.8, 4) is 11.5 Å². The standard InChI is InChI=1S/C27H21N9O11S3/c28-26-31-13(7-50-26)16(34-47-4-9-1-11(23(41)42)19(38)14(37)2-9)20(39)33-17-21(40)35-18(25(45)46)10(6-49-22(17)35)5-48-15-3-12(24(43)44)32-27-29-8-30-36(15)27/h1-3,7-8,17,22,37-38H,4-6H2,(H2,28,31)(H,33,39)(H,41,42)(H,43,44)(H,45,46)/t17-,22-/m1/s1. The summed E-state index contributed by atoms with van der Waals surface area (Å²) in [5, 5.41) is 59.8. The van der Waals surface area contributed by atoms with Gasteiger partial charge in [-0.15, -0.1) is 34.9 Å². The van der Waals surface area contributed by atoms with Crippen LogP contribution in [-0.2, 0) is 25.8 Å². The van der Waals surface area contributed by atoms with Gasteiger partial charge >= 0.3 is 17.9 Å². The first-order valence-electron chi connectivity index (χ1n) is 13.8. The molecular formula is C27H21N9O11S3. The Bertz CT molecular complexity index is 2170. The number of hydrogen-bond donors (Lipinski definition) is 7. The number of benzene rings is 1. The first-order chi connectivity index (χ1) is 23.8. The highest BCUT2D eigenvalue weighted by atomic mass is 32.2. The minimum Gasteiger partial charge on any atom is -0.504 e. The number of nitrogens with two attached hydrogens (primary N) is 1. The van der Waals surface area contributed by atoms with Gasteiger partial charge in [-0.05, 0) is 23.3 Å². The summed E-state index contributed by atoms with van der Waals surface area (Å²) in [6, 6.07) is 2.18. The second-order valence-corrected chi connectivity index (χ2v) is 13.3. The van der Waals surface area contributed by atoms with Crippen LogP contribution < -0.4 is 11.1 Å². The first-order valence-corrected chi connectivity index (χ1v) is 16.7. The van der Waals surface area contributed by atoms with Gasteiger partial charge in [0.25, 0.3) is 17.6 Å². The lowest BCUT2D eigenvalue weighted by atomic mass is 10.0. The number of phenolic OH excluding ortho intramolecular Hbond substituents is 1. The maximum atomic E-state index is 13.4. The average Bonchev–Trinajstić information content (AvgIpc) is 3.74. The zero-order valence-corrected chi connectivity index (χ0v) is 27.2. The van der Waals surface area contributed by atoms with E-state index >= 15 is 0 Å². The van der Waals surface area contributed by atoms with Crippen molar-refractivity contribution in [1.82, 2.24) is 34.8 Å². The van der Waals surface area contributed by atoms with E-state index < -0.39 is 70.5 Å². The highest BCUT2D eigenvalue weighted by Gasteiger charge is 2.54. The van der Waals surface area contributed by atoms with Gasteiger partial charge in [0, 0.05) is 23.0 Å². The molecule has 1 fully saturated rings. The zero-order valence-electron chi connectivity index (χ0n) is 24.8. The molecule has 2 aliphatic heterocycles. The third kappa shape index (κ3) is 6.42. The summed E-state index contributed by atoms with van der Waals surface area (Å²) in [4.78, 5) is 80.2. The molecule has 0 aliphatic carbocycles. The number of β-lactam (4-membered cyclic amide) rings is 1. The lowest BCUT2D eigenvalue weighted by molar-refractivity contribution is -0.150. The van der Waals surface area contributed by atoms with Crippen LogP contribution in [0, 0.1) is 0 Å². The number of nitrogen functional groups attached to an aromatic ring is 1. The predicted molar refractivity (Wildman–Crippen MR) is 173 cm³/mol. The fraction of sp³-hybridized carbons (Fsp3) is 0.185. The number of aromatic carboxylic acids is 2. The van der Waals surface area contributed by atoms with Crippen molar-refractivity contribution in [2.45, 2.75) is 23.0 Å². The van der Waals surface area contributed by atoms with Gasteiger partial charge in [-0.2, -0.15) is 14.6 Å². The van der Waals surface area contributed by atoms with Crippen molar-refractivity contribution in [2.75, 3.05) is 17.2 Å². The Kier molecular flexibility index (Phi) is 9.18. The molecule has 1 saturated heterocycles. The van der Waals surface area contributed by atoms with Crippen LogP contribution in [-0.4, -0.2) is 113 Å². The third-order valence-corrected chi connectivity index (χ3v) is 10.2. The Labute approximate surface area is 290 Å². The Morgan fingerprint density at radius 1 is 1.08 bits per heavy atom. The zero-order chi connectivity index (χ0) is 35.9. The molecule has 2 atom stereocenters. The monoisotopic (exact) mass is 743 g/mol. The summed E-state index contributed by atoms with van der Waals surface area (Å²) in [6.07, 6.45) is 1.19. The molecule has 0 unspecified atom stereocenters. The summed E-state index contributed by atoms with van der Waals surface area (Å²) < 4.78 is 1.30. The number of oxime groups is 1. The molecule has 3 aromatic heterocycles. The smallest absolute Gasteiger partial charge is 0.354 e. The van der Waals surface area contributed by atoms with E-state index in [1.54, 1.807) is 0 Å². The van der Waals surface area contributed by atoms with Crippen LogP contribution in [0.15, 0.2) is 51.4 Å². The van der Waals surface area contributed by atoms with E-state index in [1.807, 2.05) is 0 Å². The van der Waals surface area contributed by atoms with Crippen LogP contribution in [0.1, 0.15) is 32.1 Å². The van der Waals surface area contributed by atoms with Crippen molar-refractivity contribution in [3.05, 3.63) is 63.7 Å². The molecule has 4 aromatic rings. The number of carbonyl (C=O) groups is 5. The summed E-state index contributed by atoms with van der Waals surface area (Å²) in [6.45, 7) is -0.452. The van der Waals surface area contributed by atoms with Gasteiger partial charge in [-0.1, -0.05) is 5.16 Å². The molecule has 20 nitrogen and oxygen atoms in total. The Balaban J connectivity index is 1.18. The molecule has 23 heteroatoms. The molecule has 8 N–H and O–H groups in total. The fourth-order valence-electron chi connectivity index (χ4n) is 4.86. The van der Waals surface area contributed by atoms with E-state index in [2.05, 4.69) is 30.5 Å². The van der Waals surface area contributed by atoms with Crippen molar-refractivity contribution in [3.63, 3.8) is 0 Å². The summed E-state index contributed by atoms with van der Waals surface area (Å²) >= 11 is 3.26. The second-order valence-electron chi connectivity index (χ2n) is 10.3. The predicted octanol–water partition coefficient (Wildman–Crippen LogP) is 0.422. The molecular weight excluding hydrogens is 723 g/mol. The second kappa shape index (κ2) is 13.5. The van der Waals surface area contributed by atoms with Gasteiger partial charge in [-0.3, -0.25) is 14.5 Å². The minimum absolute atomic E-state index is 0.0150. The van der Waals surface area contributed by atoms with Gasteiger partial charge < -0.3 is 41.4 Å². The number of hydrogen-bond acceptors (Lipinski definition) is 17. The maximum Gasteiger partial charge on any atom is 0.354 e. The highest BCUT2D eigenvalue weighted by molar-refractivity contribution is 8.01. The molecule has 6 rings (SSSR count). The SMILES string of the molecule is Nc1nc(C(=NOCc2cc(O)c(O)c(C(=O)O)c2)C(=O)N[C@@H]2C(=O)N3C(C(=O)O)=C(CSc4cc(C(=O)O)nc5ncnn45)CS[C@H]23)cs1. The number of aromatic hydroxyl groups is 2. The van der Waals surface area contributed by atoms with Crippen LogP contribution in [0.3, 0.4) is 0 Å². The molecule has 258 valence electrons. The molecule has 2 amide bonds. The summed E-state index contributed by atoms with van der Waals surface area (Å²) in [5.41, 5.74) is 4.61. The van der Waals surface area contributed by atoms with Crippen molar-refractivity contribution in [1.29, 1.82) is 0 Å². The quantitative estimate of drug-likeness (QED) is 0.0258. The minimum atomic E-state index is -1.51. The van der Waals surface area contributed by atoms with Gasteiger partial charge in [0.15, 0.2) is 28.0 Å². The number of aliphatic carboxylic acids is 1. The first kappa shape index (κ1) is 33.9. The Morgan fingerprint density at radius 2 is 1.86 bits per heavy atom. The van der Waals surface area contributed by atoms with Crippen LogP contribution in [0.2, 0.25) is 0 Å². The average molecular weight is 744 g/mol. The number of phenols is 2. The number of fused-ring (bicyclic) bond motifs is 2.